The number of halogens is 1. The summed E-state index contributed by atoms with van der Waals surface area (Å²) in [6.45, 7) is 3.02. The molecule has 2 N–H and O–H groups in total. The number of ether oxygens (including phenoxy) is 2. The molecule has 3 saturated carbocycles. The molecule has 4 aliphatic heterocycles. The van der Waals surface area contributed by atoms with Crippen LogP contribution < -0.4 is 10.6 Å². The van der Waals surface area contributed by atoms with Crippen molar-refractivity contribution in [3.8, 4) is 0 Å². The zero-order valence-corrected chi connectivity index (χ0v) is 24.6. The Kier molecular flexibility index (Phi) is 8.16. The van der Waals surface area contributed by atoms with Gasteiger partial charge in [0.15, 0.2) is 5.78 Å². The number of likely N-dealkylation sites (tertiary alicyclic amines) is 1. The number of carbonyl (C=O) groups excluding carboxylic acids is 2. The van der Waals surface area contributed by atoms with Crippen molar-refractivity contribution in [1.29, 1.82) is 0 Å². The molecule has 0 aromatic carbocycles. The standard InChI is InChI=1S/C32H49FN4O4/c1-36-12-4-8-21(36)10-11-34-32(39)24-18-37-26-14-19-6-2-3-7-20(19)15-27(26)41-31-28(35-17-22-9-5-13-40-22)25(33)16-23(29(31)37)30(24)38/h18-23,25-29,31,35H,2-17H2,1H3,(H,34,39)/t19?,20?,21?,22-,23?,25?,26?,27?,28?,29?,31?/m0/s1. The summed E-state index contributed by atoms with van der Waals surface area (Å²) < 4.78 is 28.7. The molecular formula is C32H49FN4O4. The second-order valence-electron chi connectivity index (χ2n) is 14.1. The van der Waals surface area contributed by atoms with Crippen LogP contribution in [0.2, 0.25) is 0 Å². The second kappa shape index (κ2) is 11.9. The van der Waals surface area contributed by atoms with Crippen LogP contribution in [0.25, 0.3) is 0 Å². The third-order valence-electron chi connectivity index (χ3n) is 11.8. The van der Waals surface area contributed by atoms with Gasteiger partial charge in [0.2, 0.25) is 0 Å². The second-order valence-corrected chi connectivity index (χ2v) is 14.1. The fraction of sp³-hybridized carbons (Fsp3) is 0.875. The molecule has 0 bridgehead atoms. The van der Waals surface area contributed by atoms with Gasteiger partial charge in [-0.3, -0.25) is 9.59 Å². The van der Waals surface area contributed by atoms with Gasteiger partial charge in [-0.15, -0.1) is 0 Å². The SMILES string of the molecule is CN1CCCC1CCNC(=O)C1=CN2C3CC4CCCCC4CC3OC3C(NC[C@@H]4CCCO4)C(F)CC(C1=O)C32. The average molecular weight is 573 g/mol. The molecule has 0 radical (unpaired) electrons. The van der Waals surface area contributed by atoms with Gasteiger partial charge in [0, 0.05) is 37.9 Å². The number of Topliss-reactive ketones (excluding diaryl/α,β-unsaturated/α-hetero) is 1. The van der Waals surface area contributed by atoms with E-state index in [1.807, 2.05) is 6.20 Å². The molecule has 1 amide bonds. The Balaban J connectivity index is 1.13. The molecule has 41 heavy (non-hydrogen) atoms. The van der Waals surface area contributed by atoms with Crippen molar-refractivity contribution >= 4 is 11.7 Å². The molecule has 10 unspecified atom stereocenters. The van der Waals surface area contributed by atoms with Crippen molar-refractivity contribution in [2.45, 2.75) is 126 Å². The van der Waals surface area contributed by atoms with E-state index < -0.39 is 24.2 Å². The fourth-order valence-corrected chi connectivity index (χ4v) is 9.56. The minimum atomic E-state index is -1.21. The topological polar surface area (TPSA) is 83.1 Å². The normalized spacial score (nSPS) is 44.1. The van der Waals surface area contributed by atoms with Crippen LogP contribution in [0.4, 0.5) is 4.39 Å². The van der Waals surface area contributed by atoms with Gasteiger partial charge in [0.25, 0.3) is 5.91 Å². The third kappa shape index (κ3) is 5.38. The van der Waals surface area contributed by atoms with Crippen LogP contribution in [-0.2, 0) is 19.1 Å². The van der Waals surface area contributed by atoms with Crippen LogP contribution in [0, 0.1) is 17.8 Å². The number of fused-ring (bicyclic) bond motifs is 3. The lowest BCUT2D eigenvalue weighted by Gasteiger charge is -2.61. The molecule has 0 aromatic rings. The van der Waals surface area contributed by atoms with Gasteiger partial charge in [-0.1, -0.05) is 25.7 Å². The van der Waals surface area contributed by atoms with E-state index in [2.05, 4.69) is 27.5 Å². The Hall–Kier alpha value is -1.55. The first-order valence-corrected chi connectivity index (χ1v) is 16.6. The number of morpholine rings is 1. The number of amides is 1. The average Bonchev–Trinajstić information content (AvgIpc) is 3.64. The maximum atomic E-state index is 16.0. The van der Waals surface area contributed by atoms with E-state index in [0.717, 1.165) is 51.7 Å². The summed E-state index contributed by atoms with van der Waals surface area (Å²) in [7, 11) is 2.14. The minimum Gasteiger partial charge on any atom is -0.377 e. The highest BCUT2D eigenvalue weighted by Gasteiger charge is 2.59. The highest BCUT2D eigenvalue weighted by molar-refractivity contribution is 6.20. The summed E-state index contributed by atoms with van der Waals surface area (Å²) in [5.41, 5.74) is 0.217. The molecule has 3 aliphatic carbocycles. The zero-order valence-electron chi connectivity index (χ0n) is 24.6. The van der Waals surface area contributed by atoms with Crippen LogP contribution >= 0.6 is 0 Å². The van der Waals surface area contributed by atoms with Gasteiger partial charge in [-0.05, 0) is 76.8 Å². The van der Waals surface area contributed by atoms with Crippen LogP contribution in [0.1, 0.15) is 77.0 Å². The molecule has 7 rings (SSSR count). The molecule has 7 aliphatic rings. The summed E-state index contributed by atoms with van der Waals surface area (Å²) in [6, 6.07) is -0.0995. The Morgan fingerprint density at radius 1 is 1.07 bits per heavy atom. The Morgan fingerprint density at radius 3 is 2.66 bits per heavy atom. The molecule has 9 heteroatoms. The quantitative estimate of drug-likeness (QED) is 0.454. The molecule has 4 heterocycles. The van der Waals surface area contributed by atoms with E-state index in [9.17, 15) is 9.59 Å². The summed E-state index contributed by atoms with van der Waals surface area (Å²) >= 11 is 0. The van der Waals surface area contributed by atoms with Crippen LogP contribution in [0.15, 0.2) is 11.8 Å². The van der Waals surface area contributed by atoms with Gasteiger partial charge in [0.1, 0.15) is 6.17 Å². The number of hydrogen-bond donors (Lipinski definition) is 2. The number of alkyl halides is 1. The van der Waals surface area contributed by atoms with E-state index in [-0.39, 0.29) is 48.0 Å². The lowest BCUT2D eigenvalue weighted by Crippen LogP contribution is -2.73. The monoisotopic (exact) mass is 572 g/mol. The van der Waals surface area contributed by atoms with Crippen molar-refractivity contribution < 1.29 is 23.5 Å². The molecular weight excluding hydrogens is 523 g/mol. The number of carbonyl (C=O) groups is 2. The van der Waals surface area contributed by atoms with Crippen molar-refractivity contribution in [3.63, 3.8) is 0 Å². The number of nitrogens with one attached hydrogen (secondary N) is 2. The van der Waals surface area contributed by atoms with E-state index >= 15 is 4.39 Å². The van der Waals surface area contributed by atoms with E-state index in [0.29, 0.717) is 31.0 Å². The molecule has 8 nitrogen and oxygen atoms in total. The molecule has 3 saturated heterocycles. The minimum absolute atomic E-state index is 0.000229. The number of hydrogen-bond acceptors (Lipinski definition) is 7. The first kappa shape index (κ1) is 28.2. The number of rotatable bonds is 7. The summed E-state index contributed by atoms with van der Waals surface area (Å²) in [6.07, 6.45) is 12.8. The Morgan fingerprint density at radius 2 is 1.90 bits per heavy atom. The first-order valence-electron chi connectivity index (χ1n) is 16.6. The molecule has 11 atom stereocenters. The van der Waals surface area contributed by atoms with Gasteiger partial charge in [-0.2, -0.15) is 0 Å². The Labute approximate surface area is 244 Å². The maximum Gasteiger partial charge on any atom is 0.256 e. The summed E-state index contributed by atoms with van der Waals surface area (Å²) in [4.78, 5) is 32.0. The zero-order chi connectivity index (χ0) is 28.1. The summed E-state index contributed by atoms with van der Waals surface area (Å²) in [5.74, 6) is 0.260. The van der Waals surface area contributed by atoms with Crippen LogP contribution in [0.3, 0.4) is 0 Å². The predicted octanol–water partition coefficient (Wildman–Crippen LogP) is 2.96. The first-order chi connectivity index (χ1) is 20.0. The Bertz CT molecular complexity index is 1020. The molecule has 0 aromatic heterocycles. The van der Waals surface area contributed by atoms with Crippen molar-refractivity contribution in [2.75, 3.05) is 33.3 Å². The molecule has 6 fully saturated rings. The fourth-order valence-electron chi connectivity index (χ4n) is 9.56. The lowest BCUT2D eigenvalue weighted by atomic mass is 9.65. The van der Waals surface area contributed by atoms with Gasteiger partial charge in [-0.25, -0.2) is 4.39 Å². The summed E-state index contributed by atoms with van der Waals surface area (Å²) in [5, 5.41) is 6.55. The number of nitrogens with zero attached hydrogens (tertiary/aromatic N) is 2. The third-order valence-corrected chi connectivity index (χ3v) is 11.8. The van der Waals surface area contributed by atoms with Gasteiger partial charge >= 0.3 is 0 Å². The highest BCUT2D eigenvalue weighted by Crippen LogP contribution is 2.50. The molecule has 0 spiro atoms. The predicted molar refractivity (Wildman–Crippen MR) is 153 cm³/mol. The molecule has 228 valence electrons. The van der Waals surface area contributed by atoms with Gasteiger partial charge in [0.05, 0.1) is 42.0 Å². The lowest BCUT2D eigenvalue weighted by molar-refractivity contribution is -0.208. The van der Waals surface area contributed by atoms with Crippen LogP contribution in [0.5, 0.6) is 0 Å². The van der Waals surface area contributed by atoms with Crippen molar-refractivity contribution in [2.24, 2.45) is 17.8 Å². The number of ketones is 1. The highest BCUT2D eigenvalue weighted by atomic mass is 19.1. The maximum absolute atomic E-state index is 16.0. The largest absolute Gasteiger partial charge is 0.377 e. The van der Waals surface area contributed by atoms with Crippen molar-refractivity contribution in [1.82, 2.24) is 20.4 Å². The van der Waals surface area contributed by atoms with Crippen LogP contribution in [-0.4, -0.2) is 103 Å². The van der Waals surface area contributed by atoms with E-state index in [4.69, 9.17) is 9.47 Å². The van der Waals surface area contributed by atoms with E-state index in [1.54, 1.807) is 0 Å². The van der Waals surface area contributed by atoms with E-state index in [1.165, 1.54) is 32.1 Å². The van der Waals surface area contributed by atoms with Crippen molar-refractivity contribution in [3.05, 3.63) is 11.8 Å². The smallest absolute Gasteiger partial charge is 0.256 e. The van der Waals surface area contributed by atoms with Gasteiger partial charge < -0.3 is 29.9 Å².